The predicted molar refractivity (Wildman–Crippen MR) is 79.2 cm³/mol. The van der Waals surface area contributed by atoms with Crippen molar-refractivity contribution >= 4 is 17.6 Å². The fourth-order valence-electron chi connectivity index (χ4n) is 1.88. The molecule has 0 aliphatic carbocycles. The van der Waals surface area contributed by atoms with Crippen molar-refractivity contribution in [2.24, 2.45) is 0 Å². The number of anilines is 1. The highest BCUT2D eigenvalue weighted by Crippen LogP contribution is 2.17. The Morgan fingerprint density at radius 2 is 1.95 bits per heavy atom. The summed E-state index contributed by atoms with van der Waals surface area (Å²) in [6, 6.07) is 7.09. The van der Waals surface area contributed by atoms with Crippen LogP contribution in [0.3, 0.4) is 0 Å². The molecule has 1 unspecified atom stereocenters. The second-order valence-corrected chi connectivity index (χ2v) is 5.03. The molecule has 1 aromatic rings. The second-order valence-electron chi connectivity index (χ2n) is 5.03. The number of nitrogens with zero attached hydrogens (tertiary/aromatic N) is 2. The number of benzene rings is 1. The molecular weight excluding hydrogens is 256 g/mol. The Balaban J connectivity index is 3.05. The maximum atomic E-state index is 12.5. The molecule has 0 aliphatic rings. The van der Waals surface area contributed by atoms with Crippen LogP contribution in [0.15, 0.2) is 24.3 Å². The fraction of sp³-hybridized carbons (Fsp3) is 0.467. The predicted octanol–water partition coefficient (Wildman–Crippen LogP) is 2.08. The van der Waals surface area contributed by atoms with Crippen molar-refractivity contribution in [3.05, 3.63) is 29.8 Å². The van der Waals surface area contributed by atoms with Crippen LogP contribution in [0.5, 0.6) is 0 Å². The first-order chi connectivity index (χ1) is 9.36. The third-order valence-corrected chi connectivity index (χ3v) is 3.30. The van der Waals surface area contributed by atoms with Crippen LogP contribution in [0.1, 0.15) is 30.6 Å². The normalized spacial score (nSPS) is 11.8. The van der Waals surface area contributed by atoms with E-state index >= 15 is 0 Å². The fourth-order valence-corrected chi connectivity index (χ4v) is 1.88. The number of rotatable bonds is 6. The van der Waals surface area contributed by atoms with Gasteiger partial charge in [-0.3, -0.25) is 9.59 Å². The lowest BCUT2D eigenvalue weighted by molar-refractivity contribution is -0.138. The summed E-state index contributed by atoms with van der Waals surface area (Å²) in [6.45, 7) is 3.51. The van der Waals surface area contributed by atoms with Crippen LogP contribution in [0, 0.1) is 0 Å². The van der Waals surface area contributed by atoms with E-state index in [0.717, 1.165) is 5.69 Å². The van der Waals surface area contributed by atoms with Crippen molar-refractivity contribution in [1.82, 2.24) is 4.90 Å². The van der Waals surface area contributed by atoms with E-state index < -0.39 is 5.97 Å². The molecule has 1 aromatic carbocycles. The van der Waals surface area contributed by atoms with E-state index in [1.54, 1.807) is 18.2 Å². The highest BCUT2D eigenvalue weighted by atomic mass is 16.4. The minimum absolute atomic E-state index is 0.110. The Bertz CT molecular complexity index is 486. The summed E-state index contributed by atoms with van der Waals surface area (Å²) in [7, 11) is 3.79. The average Bonchev–Trinajstić information content (AvgIpc) is 2.43. The average molecular weight is 278 g/mol. The van der Waals surface area contributed by atoms with E-state index in [0.29, 0.717) is 12.0 Å². The van der Waals surface area contributed by atoms with Gasteiger partial charge < -0.3 is 14.9 Å². The molecule has 0 aliphatic heterocycles. The van der Waals surface area contributed by atoms with Crippen molar-refractivity contribution in [3.8, 4) is 0 Å². The molecule has 1 rings (SSSR count). The Morgan fingerprint density at radius 1 is 1.30 bits per heavy atom. The van der Waals surface area contributed by atoms with Gasteiger partial charge in [0.1, 0.15) is 6.54 Å². The maximum absolute atomic E-state index is 12.5. The summed E-state index contributed by atoms with van der Waals surface area (Å²) in [4.78, 5) is 26.7. The molecule has 5 nitrogen and oxygen atoms in total. The van der Waals surface area contributed by atoms with Gasteiger partial charge in [-0.15, -0.1) is 0 Å². The van der Waals surface area contributed by atoms with E-state index in [4.69, 9.17) is 5.11 Å². The maximum Gasteiger partial charge on any atom is 0.323 e. The van der Waals surface area contributed by atoms with Gasteiger partial charge in [-0.25, -0.2) is 0 Å². The molecule has 0 spiro atoms. The van der Waals surface area contributed by atoms with E-state index in [1.807, 2.05) is 38.9 Å². The highest BCUT2D eigenvalue weighted by molar-refractivity contribution is 5.96. The number of amides is 1. The summed E-state index contributed by atoms with van der Waals surface area (Å²) in [5.41, 5.74) is 1.42. The lowest BCUT2D eigenvalue weighted by atomic mass is 10.1. The molecule has 0 fully saturated rings. The van der Waals surface area contributed by atoms with Gasteiger partial charge in [-0.1, -0.05) is 13.0 Å². The molecule has 1 atom stereocenters. The quantitative estimate of drug-likeness (QED) is 0.865. The first-order valence-corrected chi connectivity index (χ1v) is 6.67. The number of aliphatic carboxylic acids is 1. The molecule has 0 saturated heterocycles. The molecular formula is C15H22N2O3. The van der Waals surface area contributed by atoms with E-state index in [2.05, 4.69) is 0 Å². The standard InChI is InChI=1S/C15H22N2O3/c1-5-11(2)17(10-14(18)19)15(20)12-7-6-8-13(9-12)16(3)4/h6-9,11H,5,10H2,1-4H3,(H,18,19). The van der Waals surface area contributed by atoms with Crippen LogP contribution in [-0.2, 0) is 4.79 Å². The number of carboxylic acid groups (broad SMARTS) is 1. The second kappa shape index (κ2) is 6.93. The SMILES string of the molecule is CCC(C)N(CC(=O)O)C(=O)c1cccc(N(C)C)c1. The molecule has 0 saturated carbocycles. The first-order valence-electron chi connectivity index (χ1n) is 6.67. The molecule has 0 bridgehead atoms. The zero-order valence-electron chi connectivity index (χ0n) is 12.5. The monoisotopic (exact) mass is 278 g/mol. The molecule has 110 valence electrons. The summed E-state index contributed by atoms with van der Waals surface area (Å²) < 4.78 is 0. The zero-order chi connectivity index (χ0) is 15.3. The third kappa shape index (κ3) is 3.98. The highest BCUT2D eigenvalue weighted by Gasteiger charge is 2.23. The molecule has 0 aromatic heterocycles. The molecule has 5 heteroatoms. The van der Waals surface area contributed by atoms with Gasteiger partial charge in [0.2, 0.25) is 0 Å². The Kier molecular flexibility index (Phi) is 5.55. The number of hydrogen-bond donors (Lipinski definition) is 1. The number of carbonyl (C=O) groups is 2. The Morgan fingerprint density at radius 3 is 2.45 bits per heavy atom. The van der Waals surface area contributed by atoms with Crippen molar-refractivity contribution < 1.29 is 14.7 Å². The third-order valence-electron chi connectivity index (χ3n) is 3.30. The number of carbonyl (C=O) groups excluding carboxylic acids is 1. The number of carboxylic acids is 1. The number of hydrogen-bond acceptors (Lipinski definition) is 3. The van der Waals surface area contributed by atoms with Crippen molar-refractivity contribution in [2.75, 3.05) is 25.5 Å². The van der Waals surface area contributed by atoms with Gasteiger partial charge in [-0.2, -0.15) is 0 Å². The van der Waals surface area contributed by atoms with Crippen LogP contribution in [0.2, 0.25) is 0 Å². The molecule has 20 heavy (non-hydrogen) atoms. The van der Waals surface area contributed by atoms with Crippen molar-refractivity contribution in [2.45, 2.75) is 26.3 Å². The van der Waals surface area contributed by atoms with Crippen molar-refractivity contribution in [1.29, 1.82) is 0 Å². The molecule has 1 N–H and O–H groups in total. The summed E-state index contributed by atoms with van der Waals surface area (Å²) in [5.74, 6) is -1.24. The van der Waals surface area contributed by atoms with Crippen LogP contribution in [-0.4, -0.2) is 48.6 Å². The molecule has 1 amide bonds. The Hall–Kier alpha value is -2.04. The van der Waals surface area contributed by atoms with Gasteiger partial charge in [0.05, 0.1) is 0 Å². The zero-order valence-corrected chi connectivity index (χ0v) is 12.5. The van der Waals surface area contributed by atoms with E-state index in [1.165, 1.54) is 4.90 Å². The summed E-state index contributed by atoms with van der Waals surface area (Å²) >= 11 is 0. The molecule has 0 radical (unpaired) electrons. The van der Waals surface area contributed by atoms with E-state index in [-0.39, 0.29) is 18.5 Å². The first kappa shape index (κ1) is 16.0. The minimum Gasteiger partial charge on any atom is -0.480 e. The topological polar surface area (TPSA) is 60.9 Å². The van der Waals surface area contributed by atoms with Crippen LogP contribution < -0.4 is 4.90 Å². The van der Waals surface area contributed by atoms with Gasteiger partial charge in [0.15, 0.2) is 0 Å². The van der Waals surface area contributed by atoms with Crippen LogP contribution >= 0.6 is 0 Å². The lowest BCUT2D eigenvalue weighted by Gasteiger charge is -2.27. The van der Waals surface area contributed by atoms with E-state index in [9.17, 15) is 9.59 Å². The van der Waals surface area contributed by atoms with Crippen LogP contribution in [0.25, 0.3) is 0 Å². The smallest absolute Gasteiger partial charge is 0.323 e. The van der Waals surface area contributed by atoms with Gasteiger partial charge in [0.25, 0.3) is 5.91 Å². The Labute approximate surface area is 119 Å². The lowest BCUT2D eigenvalue weighted by Crippen LogP contribution is -2.41. The van der Waals surface area contributed by atoms with Gasteiger partial charge in [0, 0.05) is 31.4 Å². The largest absolute Gasteiger partial charge is 0.480 e. The minimum atomic E-state index is -0.998. The van der Waals surface area contributed by atoms with Gasteiger partial charge in [-0.05, 0) is 31.5 Å². The van der Waals surface area contributed by atoms with Gasteiger partial charge >= 0.3 is 5.97 Å². The van der Waals surface area contributed by atoms with Crippen LogP contribution in [0.4, 0.5) is 5.69 Å². The summed E-state index contributed by atoms with van der Waals surface area (Å²) in [5, 5.41) is 8.96. The molecule has 0 heterocycles. The summed E-state index contributed by atoms with van der Waals surface area (Å²) in [6.07, 6.45) is 0.715. The van der Waals surface area contributed by atoms with Crippen molar-refractivity contribution in [3.63, 3.8) is 0 Å².